The maximum atomic E-state index is 3.94. The van der Waals surface area contributed by atoms with Gasteiger partial charge in [-0.1, -0.05) is 203 Å². The van der Waals surface area contributed by atoms with Crippen molar-refractivity contribution in [1.82, 2.24) is 0 Å². The van der Waals surface area contributed by atoms with Crippen molar-refractivity contribution in [3.05, 3.63) is 184 Å². The molecule has 1 N–H and O–H groups in total. The lowest BCUT2D eigenvalue weighted by Gasteiger charge is -2.40. The lowest BCUT2D eigenvalue weighted by atomic mass is 9.33. The molecule has 8 rings (SSSR count). The van der Waals surface area contributed by atoms with E-state index in [0.29, 0.717) is 0 Å². The SMILES string of the molecule is Cc1ccc(N/C=C2/C=C(C(C)(C)C)\C=C/c3cccc4c3B2c2cc(C(C)(C)C)ccc2N4c2ccc(C)cc2-c2ccc(C(C)(C)C)cc2)c(-c2ccc(C(C)(C)C)cc2)c1. The van der Waals surface area contributed by atoms with Gasteiger partial charge in [0.15, 0.2) is 0 Å². The molecule has 0 aliphatic carbocycles. The van der Waals surface area contributed by atoms with Crippen LogP contribution in [0.4, 0.5) is 22.7 Å². The molecule has 2 aliphatic rings. The minimum atomic E-state index is -0.0787. The molecule has 0 saturated carbocycles. The molecule has 0 unspecified atom stereocenters. The van der Waals surface area contributed by atoms with Crippen molar-refractivity contribution in [3.63, 3.8) is 0 Å². The maximum absolute atomic E-state index is 3.94. The number of aryl methyl sites for hydroxylation is 2. The summed E-state index contributed by atoms with van der Waals surface area (Å²) >= 11 is 0. The molecule has 6 aromatic rings. The highest BCUT2D eigenvalue weighted by Gasteiger charge is 2.40. The van der Waals surface area contributed by atoms with Crippen LogP contribution in [0.15, 0.2) is 151 Å². The van der Waals surface area contributed by atoms with E-state index in [9.17, 15) is 0 Å². The van der Waals surface area contributed by atoms with Crippen LogP contribution < -0.4 is 21.1 Å². The highest BCUT2D eigenvalue weighted by molar-refractivity contribution is 6.94. The van der Waals surface area contributed by atoms with Gasteiger partial charge in [-0.2, -0.15) is 0 Å². The topological polar surface area (TPSA) is 15.3 Å². The minimum absolute atomic E-state index is 0.0421. The number of allylic oxidation sites excluding steroid dienone is 4. The van der Waals surface area contributed by atoms with Crippen molar-refractivity contribution in [2.45, 2.75) is 113 Å². The van der Waals surface area contributed by atoms with Gasteiger partial charge < -0.3 is 10.2 Å². The van der Waals surface area contributed by atoms with Crippen LogP contribution in [0.1, 0.15) is 116 Å². The van der Waals surface area contributed by atoms with Crippen LogP contribution in [0.3, 0.4) is 0 Å². The van der Waals surface area contributed by atoms with Crippen LogP contribution in [0.5, 0.6) is 0 Å². The van der Waals surface area contributed by atoms with Crippen LogP contribution >= 0.6 is 0 Å². The summed E-state index contributed by atoms with van der Waals surface area (Å²) in [7, 11) is 0. The van der Waals surface area contributed by atoms with Gasteiger partial charge >= 0.3 is 0 Å². The van der Waals surface area contributed by atoms with E-state index in [1.165, 1.54) is 94.7 Å². The minimum Gasteiger partial charge on any atom is -0.362 e. The number of hydrogen-bond donors (Lipinski definition) is 1. The molecule has 2 aliphatic heterocycles. The zero-order valence-corrected chi connectivity index (χ0v) is 40.4. The first-order chi connectivity index (χ1) is 29.6. The molecule has 63 heavy (non-hydrogen) atoms. The van der Waals surface area contributed by atoms with E-state index in [-0.39, 0.29) is 28.4 Å². The van der Waals surface area contributed by atoms with Crippen LogP contribution in [-0.2, 0) is 16.2 Å². The van der Waals surface area contributed by atoms with E-state index < -0.39 is 0 Å². The van der Waals surface area contributed by atoms with Gasteiger partial charge in [0.25, 0.3) is 0 Å². The Morgan fingerprint density at radius 1 is 0.492 bits per heavy atom. The zero-order valence-electron chi connectivity index (χ0n) is 40.4. The molecular formula is C60H67BN2. The summed E-state index contributed by atoms with van der Waals surface area (Å²) in [5.41, 5.74) is 22.5. The summed E-state index contributed by atoms with van der Waals surface area (Å²) in [5, 5.41) is 3.94. The third kappa shape index (κ3) is 8.77. The highest BCUT2D eigenvalue weighted by Crippen LogP contribution is 2.45. The van der Waals surface area contributed by atoms with Crippen molar-refractivity contribution < 1.29 is 0 Å². The average Bonchev–Trinajstić information content (AvgIpc) is 3.21. The normalized spacial score (nSPS) is 16.2. The number of nitrogens with zero attached hydrogens (tertiary/aromatic N) is 1. The summed E-state index contributed by atoms with van der Waals surface area (Å²) in [6.07, 6.45) is 9.50. The molecule has 0 aromatic heterocycles. The van der Waals surface area contributed by atoms with Crippen LogP contribution in [0.25, 0.3) is 28.3 Å². The Morgan fingerprint density at radius 2 is 1.03 bits per heavy atom. The second-order valence-electron chi connectivity index (χ2n) is 22.3. The van der Waals surface area contributed by atoms with Gasteiger partial charge in [0.1, 0.15) is 0 Å². The van der Waals surface area contributed by atoms with Gasteiger partial charge in [0, 0.05) is 28.2 Å². The Balaban J connectivity index is 1.37. The molecule has 0 radical (unpaired) electrons. The van der Waals surface area contributed by atoms with E-state index in [2.05, 4.69) is 253 Å². The lowest BCUT2D eigenvalue weighted by Crippen LogP contribution is -2.53. The van der Waals surface area contributed by atoms with Gasteiger partial charge in [0.2, 0.25) is 6.71 Å². The van der Waals surface area contributed by atoms with Gasteiger partial charge in [0.05, 0.1) is 5.69 Å². The molecule has 2 nitrogen and oxygen atoms in total. The largest absolute Gasteiger partial charge is 0.362 e. The van der Waals surface area contributed by atoms with Gasteiger partial charge in [-0.15, -0.1) is 0 Å². The van der Waals surface area contributed by atoms with E-state index in [0.717, 1.165) is 5.69 Å². The van der Waals surface area contributed by atoms with Crippen LogP contribution in [0.2, 0.25) is 0 Å². The van der Waals surface area contributed by atoms with Crippen LogP contribution in [-0.4, -0.2) is 6.71 Å². The van der Waals surface area contributed by atoms with Crippen molar-refractivity contribution in [2.75, 3.05) is 10.2 Å². The van der Waals surface area contributed by atoms with Gasteiger partial charge in [-0.3, -0.25) is 0 Å². The average molecular weight is 827 g/mol. The molecule has 0 saturated heterocycles. The fourth-order valence-corrected chi connectivity index (χ4v) is 9.21. The Kier molecular flexibility index (Phi) is 11.2. The number of hydrogen-bond acceptors (Lipinski definition) is 2. The third-order valence-electron chi connectivity index (χ3n) is 13.1. The molecule has 0 amide bonds. The number of fused-ring (bicyclic) bond motifs is 2. The number of rotatable bonds is 5. The van der Waals surface area contributed by atoms with Gasteiger partial charge in [-0.25, -0.2) is 0 Å². The second-order valence-corrected chi connectivity index (χ2v) is 22.3. The number of nitrogens with one attached hydrogen (secondary N) is 1. The number of benzene rings is 6. The van der Waals surface area contributed by atoms with Gasteiger partial charge in [-0.05, 0) is 128 Å². The highest BCUT2D eigenvalue weighted by atomic mass is 15.2. The van der Waals surface area contributed by atoms with E-state index >= 15 is 0 Å². The molecule has 0 fully saturated rings. The zero-order chi connectivity index (χ0) is 45.2. The first-order valence-corrected chi connectivity index (χ1v) is 23.0. The predicted molar refractivity (Wildman–Crippen MR) is 277 cm³/mol. The molecule has 320 valence electrons. The van der Waals surface area contributed by atoms with Crippen molar-refractivity contribution >= 4 is 46.5 Å². The first-order valence-electron chi connectivity index (χ1n) is 23.0. The Morgan fingerprint density at radius 3 is 1.62 bits per heavy atom. The lowest BCUT2D eigenvalue weighted by molar-refractivity contribution is 0.517. The second kappa shape index (κ2) is 16.1. The summed E-state index contributed by atoms with van der Waals surface area (Å²) in [6.45, 7) is 32.0. The molecule has 6 aromatic carbocycles. The fourth-order valence-electron chi connectivity index (χ4n) is 9.21. The summed E-state index contributed by atoms with van der Waals surface area (Å²) in [4.78, 5) is 2.55. The number of anilines is 4. The monoisotopic (exact) mass is 827 g/mol. The molecule has 0 bridgehead atoms. The van der Waals surface area contributed by atoms with Crippen molar-refractivity contribution in [1.29, 1.82) is 0 Å². The molecular weight excluding hydrogens is 759 g/mol. The Hall–Kier alpha value is -5.80. The van der Waals surface area contributed by atoms with Crippen LogP contribution in [0, 0.1) is 19.3 Å². The molecule has 3 heteroatoms. The molecule has 0 atom stereocenters. The smallest absolute Gasteiger partial charge is 0.249 e. The molecule has 0 spiro atoms. The van der Waals surface area contributed by atoms with Crippen molar-refractivity contribution in [2.24, 2.45) is 5.41 Å². The quantitative estimate of drug-likeness (QED) is 0.174. The fraction of sp³-hybridized carbons (Fsp3) is 0.300. The first kappa shape index (κ1) is 43.8. The van der Waals surface area contributed by atoms with E-state index in [4.69, 9.17) is 0 Å². The van der Waals surface area contributed by atoms with Crippen molar-refractivity contribution in [3.8, 4) is 22.3 Å². The Labute approximate surface area is 380 Å². The summed E-state index contributed by atoms with van der Waals surface area (Å²) in [5.74, 6) is 0. The van der Waals surface area contributed by atoms with E-state index in [1.54, 1.807) is 0 Å². The Bertz CT molecular complexity index is 2790. The molecule has 2 heterocycles. The van der Waals surface area contributed by atoms with E-state index in [1.807, 2.05) is 0 Å². The standard InChI is InChI=1S/C60H67BN2/c1-39-18-31-52(49(34-39)41-20-25-44(26-21-41)57(3,4)5)62-38-48-36-46(59(9,10)11)29-24-43-16-15-17-55-56(43)61(48)51-37-47(60(12,13)14)30-33-54(51)63(55)53-32-19-40(2)35-50(53)42-22-27-45(28-23-42)58(6,7)8/h15-38,62H,1-14H3/b29-24-,46-36+,48-38-. The summed E-state index contributed by atoms with van der Waals surface area (Å²) in [6, 6.07) is 46.3. The third-order valence-corrected chi connectivity index (χ3v) is 13.1. The maximum Gasteiger partial charge on any atom is 0.249 e. The summed E-state index contributed by atoms with van der Waals surface area (Å²) < 4.78 is 0. The predicted octanol–water partition coefficient (Wildman–Crippen LogP) is 15.5.